The lowest BCUT2D eigenvalue weighted by Crippen LogP contribution is -2.20. The molecule has 0 aromatic heterocycles. The Morgan fingerprint density at radius 3 is 2.33 bits per heavy atom. The molecule has 2 rings (SSSR count). The Kier molecular flexibility index (Phi) is 6.38. The standard InChI is InChI=1S/C17H20ClNO2/c1-2-20-16-9-5-6-10-17(16)21-12-11-19-13-14-7-3-4-8-15(14)18/h3-10,19H,2,11-13H2,1H3. The van der Waals surface area contributed by atoms with Crippen molar-refractivity contribution in [1.82, 2.24) is 5.32 Å². The van der Waals surface area contributed by atoms with Crippen LogP contribution in [0.25, 0.3) is 0 Å². The number of nitrogens with one attached hydrogen (secondary N) is 1. The quantitative estimate of drug-likeness (QED) is 0.750. The molecule has 0 fully saturated rings. The van der Waals surface area contributed by atoms with Crippen molar-refractivity contribution >= 4 is 11.6 Å². The van der Waals surface area contributed by atoms with Crippen molar-refractivity contribution in [2.75, 3.05) is 19.8 Å². The third-order valence-corrected chi connectivity index (χ3v) is 3.33. The van der Waals surface area contributed by atoms with Crippen molar-refractivity contribution in [3.8, 4) is 11.5 Å². The predicted octanol–water partition coefficient (Wildman–Crippen LogP) is 3.91. The molecule has 0 spiro atoms. The average Bonchev–Trinajstić information content (AvgIpc) is 2.50. The van der Waals surface area contributed by atoms with Gasteiger partial charge in [-0.2, -0.15) is 0 Å². The Morgan fingerprint density at radius 1 is 0.952 bits per heavy atom. The molecule has 0 radical (unpaired) electrons. The first kappa shape index (κ1) is 15.7. The maximum atomic E-state index is 6.10. The molecule has 0 aliphatic heterocycles. The Bertz CT molecular complexity index is 560. The van der Waals surface area contributed by atoms with Gasteiger partial charge in [0.05, 0.1) is 6.61 Å². The van der Waals surface area contributed by atoms with Gasteiger partial charge in [0.1, 0.15) is 6.61 Å². The molecule has 0 amide bonds. The van der Waals surface area contributed by atoms with Crippen molar-refractivity contribution < 1.29 is 9.47 Å². The third-order valence-electron chi connectivity index (χ3n) is 2.96. The summed E-state index contributed by atoms with van der Waals surface area (Å²) in [5.41, 5.74) is 1.09. The van der Waals surface area contributed by atoms with Gasteiger partial charge < -0.3 is 14.8 Å². The summed E-state index contributed by atoms with van der Waals surface area (Å²) in [4.78, 5) is 0. The molecular weight excluding hydrogens is 286 g/mol. The van der Waals surface area contributed by atoms with Gasteiger partial charge in [-0.1, -0.05) is 41.9 Å². The molecule has 0 saturated carbocycles. The lowest BCUT2D eigenvalue weighted by Gasteiger charge is -2.12. The van der Waals surface area contributed by atoms with E-state index < -0.39 is 0 Å². The molecule has 0 unspecified atom stereocenters. The van der Waals surface area contributed by atoms with Gasteiger partial charge in [0.2, 0.25) is 0 Å². The van der Waals surface area contributed by atoms with Gasteiger partial charge >= 0.3 is 0 Å². The minimum atomic E-state index is 0.578. The summed E-state index contributed by atoms with van der Waals surface area (Å²) >= 11 is 6.10. The second-order valence-electron chi connectivity index (χ2n) is 4.50. The molecule has 0 aliphatic rings. The van der Waals surface area contributed by atoms with E-state index >= 15 is 0 Å². The van der Waals surface area contributed by atoms with Crippen molar-refractivity contribution in [3.05, 3.63) is 59.1 Å². The zero-order valence-electron chi connectivity index (χ0n) is 12.1. The highest BCUT2D eigenvalue weighted by atomic mass is 35.5. The van der Waals surface area contributed by atoms with Crippen LogP contribution in [0.1, 0.15) is 12.5 Å². The van der Waals surface area contributed by atoms with Crippen LogP contribution in [0.5, 0.6) is 11.5 Å². The van der Waals surface area contributed by atoms with Gasteiger partial charge in [-0.05, 0) is 30.7 Å². The second-order valence-corrected chi connectivity index (χ2v) is 4.90. The van der Waals surface area contributed by atoms with Gasteiger partial charge in [-0.25, -0.2) is 0 Å². The lowest BCUT2D eigenvalue weighted by molar-refractivity contribution is 0.275. The van der Waals surface area contributed by atoms with E-state index in [-0.39, 0.29) is 0 Å². The van der Waals surface area contributed by atoms with Crippen LogP contribution in [-0.4, -0.2) is 19.8 Å². The smallest absolute Gasteiger partial charge is 0.161 e. The van der Waals surface area contributed by atoms with Crippen LogP contribution in [0, 0.1) is 0 Å². The SMILES string of the molecule is CCOc1ccccc1OCCNCc1ccccc1Cl. The molecular formula is C17H20ClNO2. The van der Waals surface area contributed by atoms with Crippen molar-refractivity contribution in [2.45, 2.75) is 13.5 Å². The largest absolute Gasteiger partial charge is 0.490 e. The van der Waals surface area contributed by atoms with E-state index in [1.54, 1.807) is 0 Å². The first-order valence-corrected chi connectivity index (χ1v) is 7.48. The minimum Gasteiger partial charge on any atom is -0.490 e. The molecule has 0 heterocycles. The molecule has 1 N–H and O–H groups in total. The summed E-state index contributed by atoms with van der Waals surface area (Å²) in [6.45, 7) is 4.64. The van der Waals surface area contributed by atoms with E-state index in [1.807, 2.05) is 55.5 Å². The van der Waals surface area contributed by atoms with Gasteiger partial charge in [0.15, 0.2) is 11.5 Å². The van der Waals surface area contributed by atoms with Gasteiger partial charge in [0.25, 0.3) is 0 Å². The van der Waals surface area contributed by atoms with Gasteiger partial charge in [-0.3, -0.25) is 0 Å². The Labute approximate surface area is 130 Å². The zero-order chi connectivity index (χ0) is 14.9. The first-order valence-electron chi connectivity index (χ1n) is 7.10. The molecule has 2 aromatic carbocycles. The number of hydrogen-bond acceptors (Lipinski definition) is 3. The van der Waals surface area contributed by atoms with Crippen molar-refractivity contribution in [2.24, 2.45) is 0 Å². The molecule has 2 aromatic rings. The van der Waals surface area contributed by atoms with E-state index in [2.05, 4.69) is 5.32 Å². The summed E-state index contributed by atoms with van der Waals surface area (Å²) < 4.78 is 11.3. The van der Waals surface area contributed by atoms with Crippen LogP contribution in [0.15, 0.2) is 48.5 Å². The molecule has 112 valence electrons. The average molecular weight is 306 g/mol. The van der Waals surface area contributed by atoms with Gasteiger partial charge in [0, 0.05) is 18.1 Å². The fourth-order valence-electron chi connectivity index (χ4n) is 1.94. The minimum absolute atomic E-state index is 0.578. The van der Waals surface area contributed by atoms with Crippen LogP contribution in [0.4, 0.5) is 0 Å². The molecule has 3 nitrogen and oxygen atoms in total. The molecule has 4 heteroatoms. The van der Waals surface area contributed by atoms with Crippen molar-refractivity contribution in [1.29, 1.82) is 0 Å². The monoisotopic (exact) mass is 305 g/mol. The van der Waals surface area contributed by atoms with Crippen LogP contribution >= 0.6 is 11.6 Å². The normalized spacial score (nSPS) is 10.4. The van der Waals surface area contributed by atoms with E-state index in [1.165, 1.54) is 0 Å². The fraction of sp³-hybridized carbons (Fsp3) is 0.294. The first-order chi connectivity index (χ1) is 10.3. The predicted molar refractivity (Wildman–Crippen MR) is 86.3 cm³/mol. The van der Waals surface area contributed by atoms with E-state index in [0.29, 0.717) is 13.2 Å². The maximum Gasteiger partial charge on any atom is 0.161 e. The highest BCUT2D eigenvalue weighted by molar-refractivity contribution is 6.31. The van der Waals surface area contributed by atoms with Crippen LogP contribution in [0.3, 0.4) is 0 Å². The van der Waals surface area contributed by atoms with Crippen LogP contribution in [-0.2, 0) is 6.54 Å². The fourth-order valence-corrected chi connectivity index (χ4v) is 2.14. The molecule has 0 atom stereocenters. The zero-order valence-corrected chi connectivity index (χ0v) is 12.9. The van der Waals surface area contributed by atoms with Crippen LogP contribution in [0.2, 0.25) is 5.02 Å². The maximum absolute atomic E-state index is 6.10. The Balaban J connectivity index is 1.74. The number of ether oxygens (including phenoxy) is 2. The van der Waals surface area contributed by atoms with E-state index in [4.69, 9.17) is 21.1 Å². The third kappa shape index (κ3) is 4.96. The number of benzene rings is 2. The Hall–Kier alpha value is -1.71. The summed E-state index contributed by atoms with van der Waals surface area (Å²) in [6, 6.07) is 15.5. The number of para-hydroxylation sites is 2. The molecule has 0 saturated heterocycles. The topological polar surface area (TPSA) is 30.5 Å². The van der Waals surface area contributed by atoms with E-state index in [9.17, 15) is 0 Å². The summed E-state index contributed by atoms with van der Waals surface area (Å²) in [7, 11) is 0. The summed E-state index contributed by atoms with van der Waals surface area (Å²) in [5.74, 6) is 1.56. The molecule has 0 bridgehead atoms. The Morgan fingerprint density at radius 2 is 1.62 bits per heavy atom. The summed E-state index contributed by atoms with van der Waals surface area (Å²) in [6.07, 6.45) is 0. The summed E-state index contributed by atoms with van der Waals surface area (Å²) in [5, 5.41) is 4.10. The highest BCUT2D eigenvalue weighted by Gasteiger charge is 2.03. The number of hydrogen-bond donors (Lipinski definition) is 1. The van der Waals surface area contributed by atoms with Crippen LogP contribution < -0.4 is 14.8 Å². The number of rotatable bonds is 8. The highest BCUT2D eigenvalue weighted by Crippen LogP contribution is 2.26. The van der Waals surface area contributed by atoms with Crippen molar-refractivity contribution in [3.63, 3.8) is 0 Å². The van der Waals surface area contributed by atoms with E-state index in [0.717, 1.165) is 35.2 Å². The molecule has 0 aliphatic carbocycles. The second kappa shape index (κ2) is 8.55. The van der Waals surface area contributed by atoms with Gasteiger partial charge in [-0.15, -0.1) is 0 Å². The molecule has 21 heavy (non-hydrogen) atoms. The number of halogens is 1. The lowest BCUT2D eigenvalue weighted by atomic mass is 10.2.